The Morgan fingerprint density at radius 1 is 1.30 bits per heavy atom. The van der Waals surface area contributed by atoms with Gasteiger partial charge in [0.25, 0.3) is 0 Å². The topological polar surface area (TPSA) is 59.4 Å². The SMILES string of the molecule is Clc1ccc(-n2cccn2)cc1-c1n[nH]c(C2CC2)n1. The summed E-state index contributed by atoms with van der Waals surface area (Å²) in [7, 11) is 0. The number of hydrogen-bond acceptors (Lipinski definition) is 3. The molecular formula is C14H12ClN5. The second-order valence-electron chi connectivity index (χ2n) is 4.93. The average Bonchev–Trinajstić information content (AvgIpc) is 2.99. The normalized spacial score (nSPS) is 14.7. The number of aromatic nitrogens is 5. The maximum Gasteiger partial charge on any atom is 0.182 e. The number of benzene rings is 1. The zero-order chi connectivity index (χ0) is 13.5. The number of halogens is 1. The van der Waals surface area contributed by atoms with Crippen molar-refractivity contribution in [2.45, 2.75) is 18.8 Å². The van der Waals surface area contributed by atoms with Crippen molar-refractivity contribution in [1.29, 1.82) is 0 Å². The lowest BCUT2D eigenvalue weighted by atomic mass is 10.2. The van der Waals surface area contributed by atoms with E-state index in [0.29, 0.717) is 16.8 Å². The molecule has 1 aromatic carbocycles. The van der Waals surface area contributed by atoms with Crippen LogP contribution in [0, 0.1) is 0 Å². The van der Waals surface area contributed by atoms with Gasteiger partial charge < -0.3 is 0 Å². The van der Waals surface area contributed by atoms with E-state index in [1.165, 1.54) is 12.8 Å². The molecule has 100 valence electrons. The van der Waals surface area contributed by atoms with Crippen LogP contribution in [0.25, 0.3) is 17.1 Å². The fraction of sp³-hybridized carbons (Fsp3) is 0.214. The lowest BCUT2D eigenvalue weighted by Gasteiger charge is -2.05. The van der Waals surface area contributed by atoms with Crippen LogP contribution in [-0.2, 0) is 0 Å². The number of aromatic amines is 1. The van der Waals surface area contributed by atoms with Crippen molar-refractivity contribution < 1.29 is 0 Å². The van der Waals surface area contributed by atoms with Crippen molar-refractivity contribution in [3.05, 3.63) is 47.5 Å². The van der Waals surface area contributed by atoms with Gasteiger partial charge in [0.2, 0.25) is 0 Å². The molecule has 4 rings (SSSR count). The predicted molar refractivity (Wildman–Crippen MR) is 75.9 cm³/mol. The van der Waals surface area contributed by atoms with Crippen LogP contribution in [0.4, 0.5) is 0 Å². The Kier molecular flexibility index (Phi) is 2.60. The smallest absolute Gasteiger partial charge is 0.182 e. The van der Waals surface area contributed by atoms with Crippen LogP contribution in [-0.4, -0.2) is 25.0 Å². The Labute approximate surface area is 120 Å². The summed E-state index contributed by atoms with van der Waals surface area (Å²) in [6.07, 6.45) is 6.01. The third-order valence-electron chi connectivity index (χ3n) is 3.43. The maximum absolute atomic E-state index is 6.27. The standard InChI is InChI=1S/C14H12ClN5/c15-12-5-4-10(20-7-1-6-16-20)8-11(12)14-17-13(18-19-14)9-2-3-9/h1,4-9H,2-3H2,(H,17,18,19). The molecule has 0 radical (unpaired) electrons. The van der Waals surface area contributed by atoms with E-state index < -0.39 is 0 Å². The zero-order valence-corrected chi connectivity index (χ0v) is 11.4. The van der Waals surface area contributed by atoms with E-state index in [4.69, 9.17) is 11.6 Å². The van der Waals surface area contributed by atoms with E-state index in [2.05, 4.69) is 20.3 Å². The second kappa shape index (κ2) is 4.45. The van der Waals surface area contributed by atoms with Crippen molar-refractivity contribution in [2.75, 3.05) is 0 Å². The summed E-state index contributed by atoms with van der Waals surface area (Å²) in [5, 5.41) is 12.1. The molecule has 0 bridgehead atoms. The van der Waals surface area contributed by atoms with Gasteiger partial charge in [-0.25, -0.2) is 9.67 Å². The highest BCUT2D eigenvalue weighted by Gasteiger charge is 2.27. The molecule has 0 spiro atoms. The Morgan fingerprint density at radius 3 is 2.95 bits per heavy atom. The Bertz CT molecular complexity index is 743. The summed E-state index contributed by atoms with van der Waals surface area (Å²) in [6.45, 7) is 0. The molecule has 6 heteroatoms. The molecule has 5 nitrogen and oxygen atoms in total. The van der Waals surface area contributed by atoms with Crippen molar-refractivity contribution in [1.82, 2.24) is 25.0 Å². The van der Waals surface area contributed by atoms with Crippen LogP contribution >= 0.6 is 11.6 Å². The third-order valence-corrected chi connectivity index (χ3v) is 3.76. The number of nitrogens with one attached hydrogen (secondary N) is 1. The van der Waals surface area contributed by atoms with Crippen molar-refractivity contribution in [3.63, 3.8) is 0 Å². The summed E-state index contributed by atoms with van der Waals surface area (Å²) in [5.41, 5.74) is 1.76. The second-order valence-corrected chi connectivity index (χ2v) is 5.34. The van der Waals surface area contributed by atoms with Gasteiger partial charge in [-0.15, -0.1) is 0 Å². The van der Waals surface area contributed by atoms with Crippen LogP contribution in [0.2, 0.25) is 5.02 Å². The predicted octanol–water partition coefficient (Wildman–Crippen LogP) is 3.19. The van der Waals surface area contributed by atoms with E-state index in [9.17, 15) is 0 Å². The lowest BCUT2D eigenvalue weighted by molar-refractivity contribution is 0.880. The quantitative estimate of drug-likeness (QED) is 0.804. The van der Waals surface area contributed by atoms with Crippen molar-refractivity contribution in [2.24, 2.45) is 0 Å². The molecule has 0 unspecified atom stereocenters. The molecule has 1 aliphatic rings. The van der Waals surface area contributed by atoms with E-state index >= 15 is 0 Å². The largest absolute Gasteiger partial charge is 0.262 e. The summed E-state index contributed by atoms with van der Waals surface area (Å²) < 4.78 is 1.79. The van der Waals surface area contributed by atoms with Crippen molar-refractivity contribution in [3.8, 4) is 17.1 Å². The molecule has 2 heterocycles. The van der Waals surface area contributed by atoms with Gasteiger partial charge in [0.15, 0.2) is 5.82 Å². The van der Waals surface area contributed by atoms with Gasteiger partial charge in [0, 0.05) is 23.9 Å². The Morgan fingerprint density at radius 2 is 2.20 bits per heavy atom. The molecule has 3 aromatic rings. The van der Waals surface area contributed by atoms with Crippen molar-refractivity contribution >= 4 is 11.6 Å². The molecule has 1 saturated carbocycles. The molecule has 20 heavy (non-hydrogen) atoms. The monoisotopic (exact) mass is 285 g/mol. The lowest BCUT2D eigenvalue weighted by Crippen LogP contribution is -1.95. The third kappa shape index (κ3) is 2.00. The molecule has 0 atom stereocenters. The molecule has 1 fully saturated rings. The highest BCUT2D eigenvalue weighted by Crippen LogP contribution is 2.39. The summed E-state index contributed by atoms with van der Waals surface area (Å²) in [5.74, 6) is 2.15. The first-order chi connectivity index (χ1) is 9.81. The van der Waals surface area contributed by atoms with Crippen LogP contribution in [0.1, 0.15) is 24.6 Å². The van der Waals surface area contributed by atoms with Gasteiger partial charge in [0.1, 0.15) is 5.82 Å². The number of hydrogen-bond donors (Lipinski definition) is 1. The van der Waals surface area contributed by atoms with E-state index in [1.807, 2.05) is 30.5 Å². The van der Waals surface area contributed by atoms with Crippen LogP contribution in [0.3, 0.4) is 0 Å². The molecule has 0 aliphatic heterocycles. The summed E-state index contributed by atoms with van der Waals surface area (Å²) in [6, 6.07) is 7.61. The van der Waals surface area contributed by atoms with Crippen LogP contribution < -0.4 is 0 Å². The van der Waals surface area contributed by atoms with E-state index in [0.717, 1.165) is 17.1 Å². The maximum atomic E-state index is 6.27. The highest BCUT2D eigenvalue weighted by atomic mass is 35.5. The molecule has 0 amide bonds. The summed E-state index contributed by atoms with van der Waals surface area (Å²) >= 11 is 6.27. The Balaban J connectivity index is 1.77. The molecule has 1 aliphatic carbocycles. The highest BCUT2D eigenvalue weighted by molar-refractivity contribution is 6.33. The molecular weight excluding hydrogens is 274 g/mol. The minimum atomic E-state index is 0.546. The summed E-state index contributed by atoms with van der Waals surface area (Å²) in [4.78, 5) is 4.54. The van der Waals surface area contributed by atoms with Gasteiger partial charge in [-0.2, -0.15) is 10.2 Å². The first kappa shape index (κ1) is 11.7. The van der Waals surface area contributed by atoms with Gasteiger partial charge in [-0.1, -0.05) is 11.6 Å². The number of H-pyrrole nitrogens is 1. The van der Waals surface area contributed by atoms with Gasteiger partial charge >= 0.3 is 0 Å². The molecule has 1 N–H and O–H groups in total. The zero-order valence-electron chi connectivity index (χ0n) is 10.6. The van der Waals surface area contributed by atoms with E-state index in [-0.39, 0.29) is 0 Å². The average molecular weight is 286 g/mol. The van der Waals surface area contributed by atoms with Crippen LogP contribution in [0.5, 0.6) is 0 Å². The van der Waals surface area contributed by atoms with Crippen LogP contribution in [0.15, 0.2) is 36.7 Å². The van der Waals surface area contributed by atoms with Gasteiger partial charge in [-0.3, -0.25) is 5.10 Å². The fourth-order valence-electron chi connectivity index (χ4n) is 2.18. The van der Waals surface area contributed by atoms with E-state index in [1.54, 1.807) is 10.9 Å². The van der Waals surface area contributed by atoms with Gasteiger partial charge in [-0.05, 0) is 37.1 Å². The fourth-order valence-corrected chi connectivity index (χ4v) is 2.38. The van der Waals surface area contributed by atoms with Gasteiger partial charge in [0.05, 0.1) is 10.7 Å². The number of nitrogens with zero attached hydrogens (tertiary/aromatic N) is 4. The molecule has 0 saturated heterocycles. The minimum Gasteiger partial charge on any atom is -0.262 e. The number of rotatable bonds is 3. The Hall–Kier alpha value is -2.14. The minimum absolute atomic E-state index is 0.546. The first-order valence-corrected chi connectivity index (χ1v) is 6.91. The first-order valence-electron chi connectivity index (χ1n) is 6.53. The molecule has 2 aromatic heterocycles.